The van der Waals surface area contributed by atoms with Crippen LogP contribution in [0.4, 0.5) is 17.6 Å². The molecule has 3 rings (SSSR count). The number of amides is 4. The zero-order chi connectivity index (χ0) is 27.2. The number of nitrogens with zero attached hydrogens (tertiary/aromatic N) is 1. The molecule has 3 N–H and O–H groups in total. The number of carbonyl (C=O) groups is 5. The molecule has 9 nitrogen and oxygen atoms in total. The maximum Gasteiger partial charge on any atom is 0.471 e. The first-order valence-corrected chi connectivity index (χ1v) is 11.9. The summed E-state index contributed by atoms with van der Waals surface area (Å²) in [5, 5.41) is 6.69. The normalized spacial score (nSPS) is 28.9. The molecule has 1 aliphatic carbocycles. The molecule has 3 fully saturated rings. The highest BCUT2D eigenvalue weighted by atomic mass is 19.4. The number of nitrogens with one attached hydrogen (secondary N) is 3. The highest BCUT2D eigenvalue weighted by Gasteiger charge is 2.70. The van der Waals surface area contributed by atoms with Gasteiger partial charge in [-0.3, -0.25) is 19.2 Å². The van der Waals surface area contributed by atoms with Gasteiger partial charge < -0.3 is 25.6 Å². The molecule has 0 aromatic rings. The lowest BCUT2D eigenvalue weighted by Gasteiger charge is -2.36. The van der Waals surface area contributed by atoms with Crippen molar-refractivity contribution in [1.82, 2.24) is 20.9 Å². The van der Waals surface area contributed by atoms with Crippen molar-refractivity contribution < 1.29 is 41.5 Å². The van der Waals surface area contributed by atoms with Crippen LogP contribution in [0.3, 0.4) is 0 Å². The lowest BCUT2D eigenvalue weighted by atomic mass is 9.91. The Balaban J connectivity index is 1.80. The Hall–Kier alpha value is -2.73. The summed E-state index contributed by atoms with van der Waals surface area (Å²) in [6.45, 7) is 5.98. The van der Waals surface area contributed by atoms with E-state index < -0.39 is 53.6 Å². The Morgan fingerprint density at radius 3 is 2.36 bits per heavy atom. The minimum absolute atomic E-state index is 0.0140. The Morgan fingerprint density at radius 1 is 1.19 bits per heavy atom. The molecule has 0 aromatic heterocycles. The highest BCUT2D eigenvalue weighted by Crippen LogP contribution is 2.65. The monoisotopic (exact) mass is 520 g/mol. The molecule has 0 spiro atoms. The van der Waals surface area contributed by atoms with E-state index in [1.54, 1.807) is 0 Å². The summed E-state index contributed by atoms with van der Waals surface area (Å²) in [5.74, 6) is -5.58. The topological polar surface area (TPSA) is 125 Å². The van der Waals surface area contributed by atoms with Crippen LogP contribution in [0.15, 0.2) is 0 Å². The van der Waals surface area contributed by atoms with Crippen LogP contribution >= 0.6 is 0 Å². The third kappa shape index (κ3) is 5.49. The second kappa shape index (κ2) is 9.62. The van der Waals surface area contributed by atoms with Crippen LogP contribution in [0.25, 0.3) is 0 Å². The SMILES string of the molecule is CC(C)(F)[C@H](NC(=O)C(F)(F)F)C(=O)N1C[C@H]2[C@@H]([C@H]1C(=O)N[C@H](C=O)C[C@@H]1CCCNC1=O)C2(C)C. The van der Waals surface area contributed by atoms with E-state index >= 15 is 0 Å². The number of likely N-dealkylation sites (tertiary alicyclic amines) is 1. The van der Waals surface area contributed by atoms with Gasteiger partial charge in [-0.15, -0.1) is 0 Å². The number of hydrogen-bond donors (Lipinski definition) is 3. The fourth-order valence-electron chi connectivity index (χ4n) is 5.50. The van der Waals surface area contributed by atoms with E-state index in [0.717, 1.165) is 25.2 Å². The van der Waals surface area contributed by atoms with Crippen LogP contribution in [-0.2, 0) is 24.0 Å². The minimum atomic E-state index is -5.34. The third-order valence-electron chi connectivity index (χ3n) is 7.66. The van der Waals surface area contributed by atoms with Crippen molar-refractivity contribution in [2.75, 3.05) is 13.1 Å². The number of halogens is 4. The second-order valence-corrected chi connectivity index (χ2v) is 11.0. The quantitative estimate of drug-likeness (QED) is 0.324. The van der Waals surface area contributed by atoms with Crippen LogP contribution in [0.1, 0.15) is 47.0 Å². The fraction of sp³-hybridized carbons (Fsp3) is 0.783. The summed E-state index contributed by atoms with van der Waals surface area (Å²) in [7, 11) is 0. The average molecular weight is 521 g/mol. The summed E-state index contributed by atoms with van der Waals surface area (Å²) >= 11 is 0. The second-order valence-electron chi connectivity index (χ2n) is 11.0. The predicted octanol–water partition coefficient (Wildman–Crippen LogP) is 0.865. The summed E-state index contributed by atoms with van der Waals surface area (Å²) < 4.78 is 53.3. The molecular formula is C23H32F4N4O5. The Bertz CT molecular complexity index is 932. The van der Waals surface area contributed by atoms with E-state index in [4.69, 9.17) is 0 Å². The van der Waals surface area contributed by atoms with Crippen molar-refractivity contribution in [3.63, 3.8) is 0 Å². The molecule has 0 radical (unpaired) electrons. The van der Waals surface area contributed by atoms with Gasteiger partial charge in [-0.2, -0.15) is 13.2 Å². The van der Waals surface area contributed by atoms with Crippen LogP contribution in [-0.4, -0.2) is 77.9 Å². The summed E-state index contributed by atoms with van der Waals surface area (Å²) in [4.78, 5) is 62.8. The molecular weight excluding hydrogens is 488 g/mol. The van der Waals surface area contributed by atoms with Gasteiger partial charge in [0.15, 0.2) is 0 Å². The Labute approximate surface area is 206 Å². The van der Waals surface area contributed by atoms with Crippen molar-refractivity contribution in [3.8, 4) is 0 Å². The number of alkyl halides is 4. The van der Waals surface area contributed by atoms with E-state index in [1.807, 2.05) is 13.8 Å². The third-order valence-corrected chi connectivity index (χ3v) is 7.66. The van der Waals surface area contributed by atoms with Gasteiger partial charge in [-0.1, -0.05) is 13.8 Å². The Kier molecular flexibility index (Phi) is 7.44. The number of piperidine rings is 2. The van der Waals surface area contributed by atoms with Gasteiger partial charge in [0.05, 0.1) is 6.04 Å². The van der Waals surface area contributed by atoms with E-state index in [0.29, 0.717) is 19.3 Å². The van der Waals surface area contributed by atoms with Crippen LogP contribution in [0.2, 0.25) is 0 Å². The predicted molar refractivity (Wildman–Crippen MR) is 118 cm³/mol. The fourth-order valence-corrected chi connectivity index (χ4v) is 5.50. The molecule has 36 heavy (non-hydrogen) atoms. The molecule has 2 heterocycles. The van der Waals surface area contributed by atoms with E-state index in [-0.39, 0.29) is 36.1 Å². The lowest BCUT2D eigenvalue weighted by Crippen LogP contribution is -2.62. The first-order valence-electron chi connectivity index (χ1n) is 11.9. The smallest absolute Gasteiger partial charge is 0.356 e. The molecule has 13 heteroatoms. The number of aldehydes is 1. The lowest BCUT2D eigenvalue weighted by molar-refractivity contribution is -0.176. The number of carbonyl (C=O) groups excluding carboxylic acids is 5. The van der Waals surface area contributed by atoms with Crippen LogP contribution in [0, 0.1) is 23.2 Å². The van der Waals surface area contributed by atoms with Crippen molar-refractivity contribution >= 4 is 29.9 Å². The standard InChI is InChI=1S/C23H32F4N4O5/c1-21(2)13-9-31(19(35)16(22(3,4)24)30-20(36)23(25,26)27)15(14(13)21)18(34)29-12(10-32)8-11-6-5-7-28-17(11)33/h10-16H,5-9H2,1-4H3,(H,28,33)(H,29,34)(H,30,36)/t11-,12-,13-,14-,15-,16+/m0/s1. The number of hydrogen-bond acceptors (Lipinski definition) is 5. The van der Waals surface area contributed by atoms with Gasteiger partial charge >= 0.3 is 12.1 Å². The van der Waals surface area contributed by atoms with Gasteiger partial charge in [-0.05, 0) is 50.4 Å². The van der Waals surface area contributed by atoms with Gasteiger partial charge in [0.25, 0.3) is 0 Å². The first-order chi connectivity index (χ1) is 16.5. The van der Waals surface area contributed by atoms with Gasteiger partial charge in [-0.25, -0.2) is 4.39 Å². The molecule has 202 valence electrons. The minimum Gasteiger partial charge on any atom is -0.356 e. The van der Waals surface area contributed by atoms with Gasteiger partial charge in [0, 0.05) is 19.0 Å². The summed E-state index contributed by atoms with van der Waals surface area (Å²) in [6.07, 6.45) is -3.51. The molecule has 2 saturated heterocycles. The zero-order valence-corrected chi connectivity index (χ0v) is 20.6. The maximum atomic E-state index is 14.8. The van der Waals surface area contributed by atoms with Gasteiger partial charge in [0.1, 0.15) is 24.0 Å². The molecule has 0 aromatic carbocycles. The molecule has 6 atom stereocenters. The zero-order valence-electron chi connectivity index (χ0n) is 20.6. The van der Waals surface area contributed by atoms with Crippen molar-refractivity contribution in [1.29, 1.82) is 0 Å². The van der Waals surface area contributed by atoms with Gasteiger partial charge in [0.2, 0.25) is 17.7 Å². The number of rotatable bonds is 8. The number of fused-ring (bicyclic) bond motifs is 1. The average Bonchev–Trinajstić information content (AvgIpc) is 3.09. The molecule has 3 aliphatic rings. The highest BCUT2D eigenvalue weighted by molar-refractivity contribution is 5.95. The maximum absolute atomic E-state index is 14.8. The Morgan fingerprint density at radius 2 is 1.83 bits per heavy atom. The molecule has 1 saturated carbocycles. The van der Waals surface area contributed by atoms with E-state index in [9.17, 15) is 41.5 Å². The van der Waals surface area contributed by atoms with Crippen molar-refractivity contribution in [2.45, 2.75) is 76.9 Å². The molecule has 0 unspecified atom stereocenters. The van der Waals surface area contributed by atoms with Crippen LogP contribution < -0.4 is 16.0 Å². The molecule has 4 amide bonds. The van der Waals surface area contributed by atoms with E-state index in [1.165, 1.54) is 5.32 Å². The largest absolute Gasteiger partial charge is 0.471 e. The van der Waals surface area contributed by atoms with E-state index in [2.05, 4.69) is 10.6 Å². The van der Waals surface area contributed by atoms with Crippen molar-refractivity contribution in [3.05, 3.63) is 0 Å². The van der Waals surface area contributed by atoms with Crippen LogP contribution in [0.5, 0.6) is 0 Å². The molecule has 2 aliphatic heterocycles. The first kappa shape index (κ1) is 27.9. The summed E-state index contributed by atoms with van der Waals surface area (Å²) in [5.41, 5.74) is -2.93. The van der Waals surface area contributed by atoms with Crippen molar-refractivity contribution in [2.24, 2.45) is 23.2 Å². The summed E-state index contributed by atoms with van der Waals surface area (Å²) in [6, 6.07) is -4.38. The molecule has 0 bridgehead atoms.